The number of thiazole rings is 1. The standard InChI is InChI=1S/C34H44N8O3S.Cu/c1-20-7-13-27(22-10-14-28-25(16-22)39-33(46-28)21-8-11-23(12-9-21)40(2)3)41(19-20)34(44)32(43)38-26-18-36-31(35)24-17-37-42(30(24)26)29-6-4-5-15-45-29;/h10,14,16-18,20-21,23,27,29H,4-9,11-13,15,19H2,1-3H3,(H2,35,36)(H,38,43);. The Balaban J connectivity index is 0.00000386. The number of aromatic nitrogens is 4. The molecule has 4 aromatic rings. The summed E-state index contributed by atoms with van der Waals surface area (Å²) in [6.45, 7) is 3.29. The number of piperidine rings is 1. The van der Waals surface area contributed by atoms with Crippen molar-refractivity contribution < 1.29 is 31.4 Å². The van der Waals surface area contributed by atoms with Crippen LogP contribution in [0.5, 0.6) is 0 Å². The molecule has 1 aromatic carbocycles. The Bertz CT molecular complexity index is 1740. The molecule has 3 aliphatic rings. The van der Waals surface area contributed by atoms with Gasteiger partial charge in [-0.15, -0.1) is 11.3 Å². The average Bonchev–Trinajstić information content (AvgIpc) is 3.72. The zero-order valence-electron chi connectivity index (χ0n) is 27.2. The van der Waals surface area contributed by atoms with E-state index in [1.165, 1.54) is 28.7 Å². The van der Waals surface area contributed by atoms with E-state index in [0.717, 1.165) is 56.0 Å². The second-order valence-electron chi connectivity index (χ2n) is 13.6. The maximum absolute atomic E-state index is 13.9. The summed E-state index contributed by atoms with van der Waals surface area (Å²) in [4.78, 5) is 41.0. The molecule has 3 aromatic heterocycles. The van der Waals surface area contributed by atoms with E-state index in [-0.39, 0.29) is 35.3 Å². The Morgan fingerprint density at radius 3 is 2.62 bits per heavy atom. The minimum Gasteiger partial charge on any atom is -0.383 e. The number of nitrogens with two attached hydrogens (primary N) is 1. The quantitative estimate of drug-likeness (QED) is 0.195. The van der Waals surface area contributed by atoms with Gasteiger partial charge in [0.25, 0.3) is 0 Å². The molecule has 2 aliphatic heterocycles. The van der Waals surface area contributed by atoms with Crippen LogP contribution in [0.2, 0.25) is 0 Å². The largest absolute Gasteiger partial charge is 0.383 e. The van der Waals surface area contributed by atoms with Crippen molar-refractivity contribution in [3.8, 4) is 0 Å². The number of hydrogen-bond donors (Lipinski definition) is 2. The van der Waals surface area contributed by atoms with Gasteiger partial charge in [-0.2, -0.15) is 5.10 Å². The van der Waals surface area contributed by atoms with Crippen molar-refractivity contribution in [3.05, 3.63) is 41.2 Å². The van der Waals surface area contributed by atoms with E-state index in [9.17, 15) is 9.59 Å². The first-order valence-electron chi connectivity index (χ1n) is 16.7. The molecule has 255 valence electrons. The zero-order valence-corrected chi connectivity index (χ0v) is 29.0. The molecule has 3 N–H and O–H groups in total. The van der Waals surface area contributed by atoms with E-state index in [4.69, 9.17) is 15.5 Å². The number of carbonyl (C=O) groups is 2. The van der Waals surface area contributed by atoms with Crippen molar-refractivity contribution in [2.45, 2.75) is 88.9 Å². The van der Waals surface area contributed by atoms with E-state index in [0.29, 0.717) is 47.5 Å². The summed E-state index contributed by atoms with van der Waals surface area (Å²) in [5, 5.41) is 9.23. The summed E-state index contributed by atoms with van der Waals surface area (Å²) in [6, 6.07) is 6.84. The molecule has 0 spiro atoms. The fraction of sp³-hybridized carbons (Fsp3) is 0.559. The van der Waals surface area contributed by atoms with Crippen LogP contribution < -0.4 is 11.1 Å². The SMILES string of the molecule is CC1CCC(c2ccc3sc(C4CCC(N(C)C)CC4)nc3c2)N(C(=O)C(=O)Nc2cnc(N)c3cnn(C4CCCCO4)c23)C1.[Cu]. The number of ether oxygens (including phenoxy) is 1. The molecule has 47 heavy (non-hydrogen) atoms. The number of nitrogens with zero attached hydrogens (tertiary/aromatic N) is 6. The van der Waals surface area contributed by atoms with Crippen molar-refractivity contribution >= 4 is 55.8 Å². The normalized spacial score (nSPS) is 25.2. The van der Waals surface area contributed by atoms with E-state index in [2.05, 4.69) is 59.5 Å². The molecular formula is C34H44CuN8O3S. The summed E-state index contributed by atoms with van der Waals surface area (Å²) in [7, 11) is 4.34. The first-order chi connectivity index (χ1) is 22.3. The predicted octanol–water partition coefficient (Wildman–Crippen LogP) is 5.85. The number of pyridine rings is 1. The summed E-state index contributed by atoms with van der Waals surface area (Å²) in [5.41, 5.74) is 9.19. The molecule has 2 saturated heterocycles. The maximum atomic E-state index is 13.9. The second kappa shape index (κ2) is 14.2. The van der Waals surface area contributed by atoms with Crippen LogP contribution >= 0.6 is 11.3 Å². The molecule has 11 nitrogen and oxygen atoms in total. The molecule has 3 atom stereocenters. The zero-order chi connectivity index (χ0) is 31.9. The van der Waals surface area contributed by atoms with Crippen molar-refractivity contribution in [2.24, 2.45) is 5.92 Å². The predicted molar refractivity (Wildman–Crippen MR) is 181 cm³/mol. The van der Waals surface area contributed by atoms with Gasteiger partial charge in [-0.05, 0) is 95.5 Å². The summed E-state index contributed by atoms with van der Waals surface area (Å²) in [6.07, 6.45) is 12.2. The Morgan fingerprint density at radius 1 is 1.06 bits per heavy atom. The van der Waals surface area contributed by atoms with E-state index in [1.54, 1.807) is 27.1 Å². The monoisotopic (exact) mass is 707 g/mol. The smallest absolute Gasteiger partial charge is 0.314 e. The van der Waals surface area contributed by atoms with E-state index >= 15 is 0 Å². The van der Waals surface area contributed by atoms with Crippen LogP contribution in [0.25, 0.3) is 21.1 Å². The fourth-order valence-electron chi connectivity index (χ4n) is 7.52. The number of rotatable bonds is 5. The van der Waals surface area contributed by atoms with Crippen molar-refractivity contribution in [1.29, 1.82) is 0 Å². The number of benzene rings is 1. The minimum atomic E-state index is -0.699. The maximum Gasteiger partial charge on any atom is 0.314 e. The van der Waals surface area contributed by atoms with Crippen LogP contribution in [0.1, 0.15) is 93.5 Å². The second-order valence-corrected chi connectivity index (χ2v) is 14.7. The molecule has 3 fully saturated rings. The molecule has 13 heteroatoms. The Morgan fingerprint density at radius 2 is 1.87 bits per heavy atom. The Hall–Kier alpha value is -3.09. The Kier molecular flexibility index (Phi) is 10.2. The van der Waals surface area contributed by atoms with Gasteiger partial charge >= 0.3 is 11.8 Å². The topological polar surface area (TPSA) is 132 Å². The number of nitrogens with one attached hydrogen (secondary N) is 1. The van der Waals surface area contributed by atoms with E-state index in [1.807, 2.05) is 0 Å². The third-order valence-corrected chi connectivity index (χ3v) is 11.4. The molecule has 1 radical (unpaired) electrons. The number of amides is 2. The van der Waals surface area contributed by atoms with Crippen LogP contribution in [0, 0.1) is 5.92 Å². The number of fused-ring (bicyclic) bond motifs is 2. The summed E-state index contributed by atoms with van der Waals surface area (Å²) >= 11 is 1.80. The molecule has 2 amide bonds. The van der Waals surface area contributed by atoms with Crippen LogP contribution in [0.15, 0.2) is 30.6 Å². The number of anilines is 2. The van der Waals surface area contributed by atoms with Gasteiger partial charge in [-0.1, -0.05) is 13.0 Å². The first-order valence-corrected chi connectivity index (χ1v) is 17.5. The summed E-state index contributed by atoms with van der Waals surface area (Å²) < 4.78 is 8.90. The number of nitrogen functional groups attached to an aromatic ring is 1. The van der Waals surface area contributed by atoms with Gasteiger partial charge in [0.1, 0.15) is 11.3 Å². The summed E-state index contributed by atoms with van der Waals surface area (Å²) in [5.74, 6) is -0.152. The third-order valence-electron chi connectivity index (χ3n) is 10.2. The van der Waals surface area contributed by atoms with Gasteiger partial charge < -0.3 is 25.6 Å². The number of carbonyl (C=O) groups excluding carboxylic acids is 2. The van der Waals surface area contributed by atoms with Gasteiger partial charge in [-0.3, -0.25) is 9.59 Å². The van der Waals surface area contributed by atoms with Crippen molar-refractivity contribution in [2.75, 3.05) is 38.3 Å². The van der Waals surface area contributed by atoms with Crippen LogP contribution in [0.3, 0.4) is 0 Å². The van der Waals surface area contributed by atoms with Gasteiger partial charge in [0.15, 0.2) is 6.23 Å². The van der Waals surface area contributed by atoms with Gasteiger partial charge in [0.05, 0.1) is 44.7 Å². The molecule has 1 aliphatic carbocycles. The molecular weight excluding hydrogens is 664 g/mol. The number of hydrogen-bond acceptors (Lipinski definition) is 9. The van der Waals surface area contributed by atoms with Crippen LogP contribution in [-0.4, -0.2) is 74.7 Å². The minimum absolute atomic E-state index is 0. The molecule has 3 unspecified atom stereocenters. The molecule has 7 rings (SSSR count). The number of likely N-dealkylation sites (tertiary alicyclic amines) is 1. The molecule has 0 bridgehead atoms. The van der Waals surface area contributed by atoms with E-state index < -0.39 is 11.8 Å². The fourth-order valence-corrected chi connectivity index (χ4v) is 8.64. The van der Waals surface area contributed by atoms with Crippen LogP contribution in [0.4, 0.5) is 11.5 Å². The Labute approximate surface area is 290 Å². The molecule has 5 heterocycles. The van der Waals surface area contributed by atoms with Gasteiger partial charge in [0.2, 0.25) is 0 Å². The first kappa shape index (κ1) is 33.8. The van der Waals surface area contributed by atoms with Gasteiger partial charge in [-0.25, -0.2) is 14.6 Å². The van der Waals surface area contributed by atoms with Crippen molar-refractivity contribution in [3.63, 3.8) is 0 Å². The molecule has 1 saturated carbocycles. The average molecular weight is 708 g/mol. The van der Waals surface area contributed by atoms with Gasteiger partial charge in [0, 0.05) is 42.2 Å². The van der Waals surface area contributed by atoms with Crippen LogP contribution in [-0.2, 0) is 31.4 Å². The van der Waals surface area contributed by atoms with Crippen molar-refractivity contribution in [1.82, 2.24) is 29.5 Å². The third kappa shape index (κ3) is 6.78.